The lowest BCUT2D eigenvalue weighted by Gasteiger charge is -2.01. The fraction of sp³-hybridized carbons (Fsp3) is 0.750. The van der Waals surface area contributed by atoms with Crippen LogP contribution in [0.2, 0.25) is 0 Å². The van der Waals surface area contributed by atoms with Crippen LogP contribution >= 0.6 is 0 Å². The summed E-state index contributed by atoms with van der Waals surface area (Å²) in [5, 5.41) is 0. The van der Waals surface area contributed by atoms with E-state index in [1.165, 1.54) is 6.42 Å². The first-order chi connectivity index (χ1) is 5.41. The summed E-state index contributed by atoms with van der Waals surface area (Å²) in [5.74, 6) is 0. The van der Waals surface area contributed by atoms with E-state index in [2.05, 4.69) is 13.5 Å². The lowest BCUT2D eigenvalue weighted by Crippen LogP contribution is -2.06. The Kier molecular flexibility index (Phi) is 9.77. The molecule has 0 aliphatic heterocycles. The van der Waals surface area contributed by atoms with Crippen LogP contribution in [0.4, 0.5) is 0 Å². The van der Waals surface area contributed by atoms with Crippen LogP contribution in [0.3, 0.4) is 0 Å². The topological polar surface area (TPSA) is 18.5 Å². The SMILES string of the molecule is C=C[Si]OCCOCCCC. The Morgan fingerprint density at radius 2 is 2.18 bits per heavy atom. The zero-order chi connectivity index (χ0) is 8.36. The third-order valence-electron chi connectivity index (χ3n) is 1.14. The van der Waals surface area contributed by atoms with Crippen molar-refractivity contribution in [1.82, 2.24) is 0 Å². The molecule has 64 valence electrons. The van der Waals surface area contributed by atoms with E-state index in [9.17, 15) is 0 Å². The summed E-state index contributed by atoms with van der Waals surface area (Å²) < 4.78 is 10.4. The summed E-state index contributed by atoms with van der Waals surface area (Å²) in [4.78, 5) is 0. The summed E-state index contributed by atoms with van der Waals surface area (Å²) in [6.07, 6.45) is 2.33. The van der Waals surface area contributed by atoms with E-state index in [1.807, 2.05) is 0 Å². The maximum atomic E-state index is 5.27. The molecule has 0 amide bonds. The van der Waals surface area contributed by atoms with Gasteiger partial charge in [0.2, 0.25) is 0 Å². The zero-order valence-corrected chi connectivity index (χ0v) is 8.14. The van der Waals surface area contributed by atoms with E-state index >= 15 is 0 Å². The van der Waals surface area contributed by atoms with Gasteiger partial charge in [-0.15, -0.1) is 6.58 Å². The third kappa shape index (κ3) is 9.88. The van der Waals surface area contributed by atoms with Gasteiger partial charge in [0.25, 0.3) is 9.76 Å². The van der Waals surface area contributed by atoms with Crippen molar-refractivity contribution in [3.8, 4) is 0 Å². The van der Waals surface area contributed by atoms with E-state index in [0.29, 0.717) is 23.0 Å². The van der Waals surface area contributed by atoms with Crippen LogP contribution in [0.5, 0.6) is 0 Å². The van der Waals surface area contributed by atoms with Crippen LogP contribution in [0, 0.1) is 0 Å². The van der Waals surface area contributed by atoms with E-state index in [-0.39, 0.29) is 0 Å². The van der Waals surface area contributed by atoms with Crippen LogP contribution in [0.15, 0.2) is 12.3 Å². The molecule has 0 N–H and O–H groups in total. The fourth-order valence-corrected chi connectivity index (χ4v) is 0.886. The number of hydrogen-bond acceptors (Lipinski definition) is 2. The van der Waals surface area contributed by atoms with Crippen LogP contribution in [-0.2, 0) is 9.16 Å². The van der Waals surface area contributed by atoms with Crippen molar-refractivity contribution in [2.45, 2.75) is 19.8 Å². The Labute approximate surface area is 71.5 Å². The first-order valence-corrected chi connectivity index (χ1v) is 4.96. The Balaban J connectivity index is 2.74. The average molecular weight is 172 g/mol. The molecule has 2 nitrogen and oxygen atoms in total. The third-order valence-corrected chi connectivity index (χ3v) is 1.68. The van der Waals surface area contributed by atoms with Gasteiger partial charge in [0.05, 0.1) is 13.2 Å². The predicted molar refractivity (Wildman–Crippen MR) is 47.6 cm³/mol. The minimum absolute atomic E-state index is 0.411. The van der Waals surface area contributed by atoms with Gasteiger partial charge in [-0.25, -0.2) is 0 Å². The van der Waals surface area contributed by atoms with Gasteiger partial charge in [-0.2, -0.15) is 0 Å². The van der Waals surface area contributed by atoms with Crippen molar-refractivity contribution in [2.24, 2.45) is 0 Å². The summed E-state index contributed by atoms with van der Waals surface area (Å²) in [6, 6.07) is 0. The number of ether oxygens (including phenoxy) is 1. The summed E-state index contributed by atoms with van der Waals surface area (Å²) >= 11 is 0. The summed E-state index contributed by atoms with van der Waals surface area (Å²) in [7, 11) is 0.411. The largest absolute Gasteiger partial charge is 0.410 e. The van der Waals surface area contributed by atoms with Crippen LogP contribution in [0.1, 0.15) is 19.8 Å². The number of rotatable bonds is 8. The lowest BCUT2D eigenvalue weighted by atomic mass is 10.4. The highest BCUT2D eigenvalue weighted by molar-refractivity contribution is 6.33. The van der Waals surface area contributed by atoms with Crippen molar-refractivity contribution in [3.05, 3.63) is 12.3 Å². The molecule has 0 saturated carbocycles. The van der Waals surface area contributed by atoms with Crippen LogP contribution in [0.25, 0.3) is 0 Å². The van der Waals surface area contributed by atoms with Crippen molar-refractivity contribution in [1.29, 1.82) is 0 Å². The summed E-state index contributed by atoms with van der Waals surface area (Å²) in [5.41, 5.74) is 1.77. The molecule has 3 heteroatoms. The molecule has 0 bridgehead atoms. The quantitative estimate of drug-likeness (QED) is 0.409. The number of unbranched alkanes of at least 4 members (excludes halogenated alkanes) is 1. The van der Waals surface area contributed by atoms with Crippen LogP contribution in [-0.4, -0.2) is 29.6 Å². The molecule has 2 radical (unpaired) electrons. The van der Waals surface area contributed by atoms with Crippen LogP contribution < -0.4 is 0 Å². The monoisotopic (exact) mass is 172 g/mol. The Bertz CT molecular complexity index is 86.2. The number of hydrogen-bond donors (Lipinski definition) is 0. The molecule has 0 atom stereocenters. The molecule has 0 aliphatic rings. The standard InChI is InChI=1S/C8H16O2Si/c1-3-5-6-9-7-8-10-11-4-2/h4H,2-3,5-8H2,1H3. The molecule has 0 rings (SSSR count). The molecule has 0 saturated heterocycles. The molecule has 0 aromatic rings. The van der Waals surface area contributed by atoms with Crippen molar-refractivity contribution in [3.63, 3.8) is 0 Å². The average Bonchev–Trinajstić information content (AvgIpc) is 2.03. The van der Waals surface area contributed by atoms with Gasteiger partial charge in [-0.1, -0.05) is 19.0 Å². The Hall–Kier alpha value is -0.123. The highest BCUT2D eigenvalue weighted by atomic mass is 28.2. The van der Waals surface area contributed by atoms with Gasteiger partial charge in [-0.3, -0.25) is 0 Å². The fourth-order valence-electron chi connectivity index (χ4n) is 0.567. The van der Waals surface area contributed by atoms with Gasteiger partial charge in [0, 0.05) is 6.61 Å². The van der Waals surface area contributed by atoms with Gasteiger partial charge >= 0.3 is 0 Å². The highest BCUT2D eigenvalue weighted by Gasteiger charge is 1.87. The first-order valence-electron chi connectivity index (χ1n) is 3.97. The van der Waals surface area contributed by atoms with E-state index < -0.39 is 0 Å². The molecule has 0 heterocycles. The Morgan fingerprint density at radius 3 is 2.82 bits per heavy atom. The first kappa shape index (κ1) is 10.9. The molecular formula is C8H16O2Si. The highest BCUT2D eigenvalue weighted by Crippen LogP contribution is 1.87. The minimum atomic E-state index is 0.411. The van der Waals surface area contributed by atoms with Gasteiger partial charge < -0.3 is 9.16 Å². The Morgan fingerprint density at radius 1 is 1.36 bits per heavy atom. The van der Waals surface area contributed by atoms with Crippen molar-refractivity contribution >= 4 is 9.76 Å². The lowest BCUT2D eigenvalue weighted by molar-refractivity contribution is 0.100. The van der Waals surface area contributed by atoms with E-state index in [4.69, 9.17) is 9.16 Å². The predicted octanol–water partition coefficient (Wildman–Crippen LogP) is 1.58. The van der Waals surface area contributed by atoms with Crippen molar-refractivity contribution < 1.29 is 9.16 Å². The second kappa shape index (κ2) is 9.88. The maximum Gasteiger partial charge on any atom is 0.260 e. The van der Waals surface area contributed by atoms with E-state index in [1.54, 1.807) is 5.70 Å². The molecule has 0 unspecified atom stereocenters. The second-order valence-electron chi connectivity index (χ2n) is 2.14. The molecule has 0 aromatic heterocycles. The van der Waals surface area contributed by atoms with Crippen molar-refractivity contribution in [2.75, 3.05) is 19.8 Å². The molecular weight excluding hydrogens is 156 g/mol. The van der Waals surface area contributed by atoms with Gasteiger partial charge in [0.15, 0.2) is 0 Å². The molecule has 0 aromatic carbocycles. The molecule has 0 spiro atoms. The van der Waals surface area contributed by atoms with Gasteiger partial charge in [0.1, 0.15) is 0 Å². The van der Waals surface area contributed by atoms with E-state index in [0.717, 1.165) is 13.0 Å². The molecule has 0 fully saturated rings. The second-order valence-corrected chi connectivity index (χ2v) is 3.07. The minimum Gasteiger partial charge on any atom is -0.410 e. The summed E-state index contributed by atoms with van der Waals surface area (Å²) in [6.45, 7) is 7.96. The zero-order valence-electron chi connectivity index (χ0n) is 7.14. The molecule has 0 aliphatic carbocycles. The smallest absolute Gasteiger partial charge is 0.260 e. The maximum absolute atomic E-state index is 5.27. The normalized spacial score (nSPS) is 9.91. The van der Waals surface area contributed by atoms with Gasteiger partial charge in [-0.05, 0) is 6.42 Å². The molecule has 11 heavy (non-hydrogen) atoms.